The van der Waals surface area contributed by atoms with E-state index in [0.29, 0.717) is 5.69 Å². The predicted molar refractivity (Wildman–Crippen MR) is 77.2 cm³/mol. The van der Waals surface area contributed by atoms with Gasteiger partial charge in [-0.25, -0.2) is 0 Å². The van der Waals surface area contributed by atoms with Gasteiger partial charge >= 0.3 is 6.18 Å². The van der Waals surface area contributed by atoms with Gasteiger partial charge in [0.1, 0.15) is 12.6 Å². The number of nitrogens with one attached hydrogen (secondary N) is 2. The first-order valence-electron chi connectivity index (χ1n) is 7.01. The van der Waals surface area contributed by atoms with Crippen molar-refractivity contribution < 1.29 is 18.0 Å². The zero-order valence-electron chi connectivity index (χ0n) is 12.3. The summed E-state index contributed by atoms with van der Waals surface area (Å²) in [5.74, 6) is -0.678. The molecule has 1 unspecified atom stereocenters. The zero-order chi connectivity index (χ0) is 15.9. The van der Waals surface area contributed by atoms with Crippen LogP contribution in [0.4, 0.5) is 18.9 Å². The number of amides is 1. The Hall–Kier alpha value is -1.72. The van der Waals surface area contributed by atoms with Gasteiger partial charge in [0.15, 0.2) is 0 Å². The average Bonchev–Trinajstić information content (AvgIpc) is 2.43. The predicted octanol–water partition coefficient (Wildman–Crippen LogP) is 3.51. The van der Waals surface area contributed by atoms with Crippen molar-refractivity contribution in [3.63, 3.8) is 0 Å². The van der Waals surface area contributed by atoms with Crippen LogP contribution in [-0.4, -0.2) is 24.7 Å². The summed E-state index contributed by atoms with van der Waals surface area (Å²) < 4.78 is 36.1. The molecule has 0 aliphatic heterocycles. The molecule has 0 saturated carbocycles. The van der Waals surface area contributed by atoms with Crippen molar-refractivity contribution in [3.05, 3.63) is 29.8 Å². The van der Waals surface area contributed by atoms with Crippen molar-refractivity contribution in [2.24, 2.45) is 0 Å². The van der Waals surface area contributed by atoms with E-state index < -0.39 is 24.7 Å². The molecule has 21 heavy (non-hydrogen) atoms. The van der Waals surface area contributed by atoms with E-state index in [2.05, 4.69) is 12.2 Å². The van der Waals surface area contributed by atoms with Gasteiger partial charge in [-0.2, -0.15) is 13.2 Å². The lowest BCUT2D eigenvalue weighted by Crippen LogP contribution is -2.42. The Bertz CT molecular complexity index is 443. The van der Waals surface area contributed by atoms with Crippen molar-refractivity contribution in [2.75, 3.05) is 11.9 Å². The first-order chi connectivity index (χ1) is 9.81. The van der Waals surface area contributed by atoms with E-state index in [0.717, 1.165) is 19.3 Å². The maximum absolute atomic E-state index is 12.0. The number of aryl methyl sites for hydroxylation is 1. The SMILES string of the molecule is CCCCc1ccc(NC(C)C(=O)NCC(F)(F)F)cc1. The van der Waals surface area contributed by atoms with Gasteiger partial charge in [0.05, 0.1) is 0 Å². The smallest absolute Gasteiger partial charge is 0.374 e. The molecular weight excluding hydrogens is 281 g/mol. The van der Waals surface area contributed by atoms with Gasteiger partial charge in [0.2, 0.25) is 5.91 Å². The summed E-state index contributed by atoms with van der Waals surface area (Å²) in [6.45, 7) is 2.33. The summed E-state index contributed by atoms with van der Waals surface area (Å²) in [5.41, 5.74) is 1.92. The van der Waals surface area contributed by atoms with Crippen LogP contribution in [0.1, 0.15) is 32.3 Å². The minimum Gasteiger partial charge on any atom is -0.374 e. The van der Waals surface area contributed by atoms with Gasteiger partial charge < -0.3 is 10.6 Å². The van der Waals surface area contributed by atoms with E-state index in [1.807, 2.05) is 29.6 Å². The van der Waals surface area contributed by atoms with Gasteiger partial charge in [-0.05, 0) is 37.5 Å². The average molecular weight is 302 g/mol. The number of halogens is 3. The first kappa shape index (κ1) is 17.3. The molecule has 0 bridgehead atoms. The summed E-state index contributed by atoms with van der Waals surface area (Å²) in [4.78, 5) is 11.5. The first-order valence-corrected chi connectivity index (χ1v) is 7.01. The highest BCUT2D eigenvalue weighted by molar-refractivity contribution is 5.84. The van der Waals surface area contributed by atoms with Gasteiger partial charge in [-0.3, -0.25) is 4.79 Å². The summed E-state index contributed by atoms with van der Waals surface area (Å²) in [5, 5.41) is 4.74. The van der Waals surface area contributed by atoms with Crippen LogP contribution in [-0.2, 0) is 11.2 Å². The van der Waals surface area contributed by atoms with Crippen LogP contribution < -0.4 is 10.6 Å². The second kappa shape index (κ2) is 7.90. The summed E-state index contributed by atoms with van der Waals surface area (Å²) >= 11 is 0. The van der Waals surface area contributed by atoms with E-state index in [9.17, 15) is 18.0 Å². The van der Waals surface area contributed by atoms with Crippen LogP contribution in [0.3, 0.4) is 0 Å². The molecule has 6 heteroatoms. The van der Waals surface area contributed by atoms with Gasteiger partial charge in [-0.1, -0.05) is 25.5 Å². The monoisotopic (exact) mass is 302 g/mol. The molecule has 0 saturated heterocycles. The zero-order valence-corrected chi connectivity index (χ0v) is 12.3. The Morgan fingerprint density at radius 3 is 2.38 bits per heavy atom. The van der Waals surface area contributed by atoms with Crippen molar-refractivity contribution in [1.82, 2.24) is 5.32 Å². The van der Waals surface area contributed by atoms with Crippen LogP contribution in [0, 0.1) is 0 Å². The standard InChI is InChI=1S/C15H21F3N2O/c1-3-4-5-12-6-8-13(9-7-12)20-11(2)14(21)19-10-15(16,17)18/h6-9,11,20H,3-5,10H2,1-2H3,(H,19,21). The van der Waals surface area contributed by atoms with Crippen molar-refractivity contribution >= 4 is 11.6 Å². The molecule has 1 aromatic rings. The molecule has 118 valence electrons. The lowest BCUT2D eigenvalue weighted by atomic mass is 10.1. The third-order valence-electron chi connectivity index (χ3n) is 3.01. The van der Waals surface area contributed by atoms with Crippen molar-refractivity contribution in [2.45, 2.75) is 45.3 Å². The topological polar surface area (TPSA) is 41.1 Å². The van der Waals surface area contributed by atoms with E-state index in [4.69, 9.17) is 0 Å². The molecule has 1 atom stereocenters. The molecule has 2 N–H and O–H groups in total. The van der Waals surface area contributed by atoms with Crippen LogP contribution in [0.2, 0.25) is 0 Å². The summed E-state index contributed by atoms with van der Waals surface area (Å²) in [7, 11) is 0. The van der Waals surface area contributed by atoms with Gasteiger partial charge in [-0.15, -0.1) is 0 Å². The number of carbonyl (C=O) groups is 1. The minimum atomic E-state index is -4.39. The lowest BCUT2D eigenvalue weighted by Gasteiger charge is -2.16. The van der Waals surface area contributed by atoms with Gasteiger partial charge in [0.25, 0.3) is 0 Å². The lowest BCUT2D eigenvalue weighted by molar-refractivity contribution is -0.138. The van der Waals surface area contributed by atoms with Crippen molar-refractivity contribution in [1.29, 1.82) is 0 Å². The second-order valence-electron chi connectivity index (χ2n) is 5.00. The molecule has 0 fully saturated rings. The molecule has 0 aliphatic rings. The molecule has 1 rings (SSSR count). The van der Waals surface area contributed by atoms with Crippen molar-refractivity contribution in [3.8, 4) is 0 Å². The number of alkyl halides is 3. The van der Waals surface area contributed by atoms with Crippen LogP contribution in [0.5, 0.6) is 0 Å². The highest BCUT2D eigenvalue weighted by Gasteiger charge is 2.28. The van der Waals surface area contributed by atoms with E-state index >= 15 is 0 Å². The van der Waals surface area contributed by atoms with Gasteiger partial charge in [0, 0.05) is 5.69 Å². The summed E-state index contributed by atoms with van der Waals surface area (Å²) in [6, 6.07) is 6.85. The molecule has 1 aromatic carbocycles. The largest absolute Gasteiger partial charge is 0.405 e. The van der Waals surface area contributed by atoms with E-state index in [1.54, 1.807) is 0 Å². The Labute approximate surface area is 122 Å². The maximum atomic E-state index is 12.0. The number of carbonyl (C=O) groups excluding carboxylic acids is 1. The third kappa shape index (κ3) is 7.02. The Morgan fingerprint density at radius 1 is 1.24 bits per heavy atom. The fraction of sp³-hybridized carbons (Fsp3) is 0.533. The fourth-order valence-electron chi connectivity index (χ4n) is 1.80. The molecule has 0 heterocycles. The van der Waals surface area contributed by atoms with Crippen LogP contribution in [0.25, 0.3) is 0 Å². The molecule has 0 radical (unpaired) electrons. The maximum Gasteiger partial charge on any atom is 0.405 e. The van der Waals surface area contributed by atoms with Crippen LogP contribution in [0.15, 0.2) is 24.3 Å². The third-order valence-corrected chi connectivity index (χ3v) is 3.01. The molecule has 3 nitrogen and oxygen atoms in total. The molecular formula is C15H21F3N2O. The highest BCUT2D eigenvalue weighted by Crippen LogP contribution is 2.14. The second-order valence-corrected chi connectivity index (χ2v) is 5.00. The Kier molecular flexibility index (Phi) is 6.52. The highest BCUT2D eigenvalue weighted by atomic mass is 19.4. The number of hydrogen-bond acceptors (Lipinski definition) is 2. The quantitative estimate of drug-likeness (QED) is 0.809. The molecule has 0 spiro atoms. The molecule has 0 aromatic heterocycles. The summed E-state index contributed by atoms with van der Waals surface area (Å²) in [6.07, 6.45) is -1.16. The molecule has 1 amide bonds. The van der Waals surface area contributed by atoms with E-state index in [-0.39, 0.29) is 0 Å². The van der Waals surface area contributed by atoms with E-state index in [1.165, 1.54) is 12.5 Å². The Morgan fingerprint density at radius 2 is 1.86 bits per heavy atom. The number of rotatable bonds is 7. The normalized spacial score (nSPS) is 12.8. The number of benzene rings is 1. The van der Waals surface area contributed by atoms with Crippen LogP contribution >= 0.6 is 0 Å². The minimum absolute atomic E-state index is 0.678. The Balaban J connectivity index is 2.46. The number of anilines is 1. The number of unbranched alkanes of at least 4 members (excludes halogenated alkanes) is 1. The number of hydrogen-bond donors (Lipinski definition) is 2. The fourth-order valence-corrected chi connectivity index (χ4v) is 1.80. The molecule has 0 aliphatic carbocycles.